The molecule has 12 heteroatoms. The number of hydrogen-bond donors (Lipinski definition) is 2. The molecule has 1 aromatic heterocycles. The van der Waals surface area contributed by atoms with Crippen molar-refractivity contribution in [3.8, 4) is 0 Å². The normalized spacial score (nSPS) is 14.9. The Balaban J connectivity index is 1.72. The highest BCUT2D eigenvalue weighted by atomic mass is 32.2. The van der Waals surface area contributed by atoms with Gasteiger partial charge in [0, 0.05) is 45.5 Å². The van der Waals surface area contributed by atoms with Gasteiger partial charge in [0.2, 0.25) is 15.9 Å². The highest BCUT2D eigenvalue weighted by Gasteiger charge is 2.31. The number of rotatable bonds is 8. The molecule has 34 heavy (non-hydrogen) atoms. The fourth-order valence-corrected chi connectivity index (χ4v) is 5.37. The molecule has 2 aromatic rings. The first-order valence-electron chi connectivity index (χ1n) is 11.2. The second-order valence-electron chi connectivity index (χ2n) is 8.43. The summed E-state index contributed by atoms with van der Waals surface area (Å²) in [6, 6.07) is 7.99. The van der Waals surface area contributed by atoms with Gasteiger partial charge in [-0.2, -0.15) is 4.31 Å². The van der Waals surface area contributed by atoms with Gasteiger partial charge in [0.15, 0.2) is 5.69 Å². The van der Waals surface area contributed by atoms with E-state index in [1.807, 2.05) is 38.1 Å². The number of carbonyl (C=O) groups excluding carboxylic acids is 1. The Kier molecular flexibility index (Phi) is 7.82. The highest BCUT2D eigenvalue weighted by molar-refractivity contribution is 7.89. The maximum atomic E-state index is 12.9. The largest absolute Gasteiger partial charge is 0.383 e. The maximum Gasteiger partial charge on any atom is 0.330 e. The number of nitrogens with zero attached hydrogens (tertiary/aromatic N) is 4. The summed E-state index contributed by atoms with van der Waals surface area (Å²) < 4.78 is 28.4. The molecule has 1 aliphatic heterocycles. The number of unbranched alkanes of at least 4 members (excludes halogenated alkanes) is 1. The van der Waals surface area contributed by atoms with Crippen molar-refractivity contribution in [3.05, 3.63) is 50.7 Å². The number of nitrogens with one attached hydrogen (secondary N) is 1. The standard InChI is InChI=1S/C22H32N6O5S/c1-4-5-9-28-20(23)19(21(30)24-22(28)31)25(3)18(29)15-34(32,33)27-12-10-26(11-13-27)17-8-6-7-16(2)14-17/h6-8,14H,4-5,9-13,15,23H2,1-3H3,(H,24,30,31). The van der Waals surface area contributed by atoms with Crippen molar-refractivity contribution in [1.82, 2.24) is 13.9 Å². The lowest BCUT2D eigenvalue weighted by Gasteiger charge is -2.35. The Hall–Kier alpha value is -3.12. The minimum absolute atomic E-state index is 0.165. The van der Waals surface area contributed by atoms with Crippen LogP contribution in [-0.4, -0.2) is 67.2 Å². The summed E-state index contributed by atoms with van der Waals surface area (Å²) in [5.74, 6) is -1.78. The van der Waals surface area contributed by atoms with Gasteiger partial charge in [-0.15, -0.1) is 0 Å². The number of sulfonamides is 1. The number of benzene rings is 1. The summed E-state index contributed by atoms with van der Waals surface area (Å²) in [6.45, 7) is 5.71. The molecule has 0 bridgehead atoms. The lowest BCUT2D eigenvalue weighted by molar-refractivity contribution is -0.116. The average Bonchev–Trinajstić information content (AvgIpc) is 2.78. The van der Waals surface area contributed by atoms with Gasteiger partial charge in [-0.05, 0) is 31.0 Å². The smallest absolute Gasteiger partial charge is 0.330 e. The third-order valence-electron chi connectivity index (χ3n) is 5.96. The van der Waals surface area contributed by atoms with Crippen LogP contribution in [-0.2, 0) is 21.4 Å². The molecule has 0 radical (unpaired) electrons. The Morgan fingerprint density at radius 2 is 1.85 bits per heavy atom. The van der Waals surface area contributed by atoms with Gasteiger partial charge in [-0.1, -0.05) is 25.5 Å². The number of piperazine rings is 1. The second kappa shape index (κ2) is 10.4. The highest BCUT2D eigenvalue weighted by Crippen LogP contribution is 2.20. The van der Waals surface area contributed by atoms with Crippen LogP contribution in [0.3, 0.4) is 0 Å². The Morgan fingerprint density at radius 3 is 2.47 bits per heavy atom. The maximum absolute atomic E-state index is 12.9. The average molecular weight is 493 g/mol. The molecule has 1 fully saturated rings. The Bertz CT molecular complexity index is 1260. The first-order valence-corrected chi connectivity index (χ1v) is 12.8. The van der Waals surface area contributed by atoms with Crippen LogP contribution >= 0.6 is 0 Å². The SMILES string of the molecule is CCCCn1c(N)c(N(C)C(=O)CS(=O)(=O)N2CCN(c3cccc(C)c3)CC2)c(=O)[nH]c1=O. The summed E-state index contributed by atoms with van der Waals surface area (Å²) in [7, 11) is -2.63. The molecular formula is C22H32N6O5S. The van der Waals surface area contributed by atoms with Gasteiger partial charge < -0.3 is 15.5 Å². The van der Waals surface area contributed by atoms with Crippen LogP contribution < -0.4 is 26.8 Å². The van der Waals surface area contributed by atoms with E-state index in [2.05, 4.69) is 9.88 Å². The lowest BCUT2D eigenvalue weighted by Crippen LogP contribution is -2.51. The first-order chi connectivity index (χ1) is 16.0. The quantitative estimate of drug-likeness (QED) is 0.541. The zero-order valence-electron chi connectivity index (χ0n) is 19.8. The monoisotopic (exact) mass is 492 g/mol. The first kappa shape index (κ1) is 25.5. The van der Waals surface area contributed by atoms with E-state index in [0.29, 0.717) is 19.5 Å². The van der Waals surface area contributed by atoms with Crippen LogP contribution in [0.1, 0.15) is 25.3 Å². The van der Waals surface area contributed by atoms with Crippen LogP contribution in [0, 0.1) is 6.92 Å². The number of amides is 1. The van der Waals surface area contributed by atoms with E-state index < -0.39 is 32.9 Å². The van der Waals surface area contributed by atoms with Gasteiger partial charge in [0.05, 0.1) is 0 Å². The fraction of sp³-hybridized carbons (Fsp3) is 0.500. The fourth-order valence-electron chi connectivity index (χ4n) is 3.96. The molecular weight excluding hydrogens is 460 g/mol. The van der Waals surface area contributed by atoms with E-state index in [1.165, 1.54) is 15.9 Å². The number of nitrogen functional groups attached to an aromatic ring is 1. The van der Waals surface area contributed by atoms with Crippen molar-refractivity contribution in [1.29, 1.82) is 0 Å². The van der Waals surface area contributed by atoms with Crippen molar-refractivity contribution in [3.63, 3.8) is 0 Å². The van der Waals surface area contributed by atoms with Crippen LogP contribution in [0.15, 0.2) is 33.9 Å². The summed E-state index contributed by atoms with van der Waals surface area (Å²) in [5, 5.41) is 0. The van der Waals surface area contributed by atoms with Crippen molar-refractivity contribution < 1.29 is 13.2 Å². The third-order valence-corrected chi connectivity index (χ3v) is 7.73. The van der Waals surface area contributed by atoms with E-state index in [0.717, 1.165) is 22.6 Å². The van der Waals surface area contributed by atoms with Gasteiger partial charge in [0.25, 0.3) is 5.56 Å². The van der Waals surface area contributed by atoms with Gasteiger partial charge in [-0.3, -0.25) is 19.1 Å². The second-order valence-corrected chi connectivity index (χ2v) is 10.4. The third kappa shape index (κ3) is 5.50. The molecule has 0 unspecified atom stereocenters. The van der Waals surface area contributed by atoms with Crippen molar-refractivity contribution in [2.24, 2.45) is 0 Å². The predicted molar refractivity (Wildman–Crippen MR) is 133 cm³/mol. The molecule has 0 spiro atoms. The van der Waals surface area contributed by atoms with Crippen molar-refractivity contribution in [2.75, 3.05) is 54.5 Å². The van der Waals surface area contributed by atoms with E-state index >= 15 is 0 Å². The van der Waals surface area contributed by atoms with E-state index in [1.54, 1.807) is 0 Å². The molecule has 1 saturated heterocycles. The number of aromatic nitrogens is 2. The Morgan fingerprint density at radius 1 is 1.18 bits per heavy atom. The summed E-state index contributed by atoms with van der Waals surface area (Å²) in [5.41, 5.74) is 6.45. The zero-order chi connectivity index (χ0) is 25.0. The number of anilines is 3. The lowest BCUT2D eigenvalue weighted by atomic mass is 10.2. The van der Waals surface area contributed by atoms with Crippen LogP contribution in [0.25, 0.3) is 0 Å². The minimum Gasteiger partial charge on any atom is -0.383 e. The topological polar surface area (TPSA) is 142 Å². The molecule has 11 nitrogen and oxygen atoms in total. The molecule has 1 aromatic carbocycles. The Labute approximate surface area is 198 Å². The number of nitrogens with two attached hydrogens (primary N) is 1. The van der Waals surface area contributed by atoms with Gasteiger partial charge in [0.1, 0.15) is 11.6 Å². The van der Waals surface area contributed by atoms with Crippen molar-refractivity contribution >= 4 is 33.1 Å². The molecule has 0 atom stereocenters. The summed E-state index contributed by atoms with van der Waals surface area (Å²) >= 11 is 0. The van der Waals surface area contributed by atoms with Gasteiger partial charge >= 0.3 is 5.69 Å². The molecule has 3 N–H and O–H groups in total. The summed E-state index contributed by atoms with van der Waals surface area (Å²) in [6.07, 6.45) is 1.45. The number of hydrogen-bond acceptors (Lipinski definition) is 7. The summed E-state index contributed by atoms with van der Waals surface area (Å²) in [4.78, 5) is 42.5. The molecule has 0 saturated carbocycles. The van der Waals surface area contributed by atoms with E-state index in [-0.39, 0.29) is 31.1 Å². The molecule has 1 aliphatic rings. The number of H-pyrrole nitrogens is 1. The molecule has 186 valence electrons. The number of aromatic amines is 1. The minimum atomic E-state index is -3.91. The molecule has 1 amide bonds. The molecule has 3 rings (SSSR count). The van der Waals surface area contributed by atoms with Gasteiger partial charge in [-0.25, -0.2) is 13.2 Å². The predicted octanol–water partition coefficient (Wildman–Crippen LogP) is 0.342. The van der Waals surface area contributed by atoms with E-state index in [4.69, 9.17) is 5.73 Å². The molecule has 0 aliphatic carbocycles. The molecule has 2 heterocycles. The number of carbonyl (C=O) groups is 1. The van der Waals surface area contributed by atoms with Crippen LogP contribution in [0.2, 0.25) is 0 Å². The van der Waals surface area contributed by atoms with Crippen LogP contribution in [0.5, 0.6) is 0 Å². The van der Waals surface area contributed by atoms with E-state index in [9.17, 15) is 22.8 Å². The van der Waals surface area contributed by atoms with Crippen molar-refractivity contribution in [2.45, 2.75) is 33.2 Å². The zero-order valence-corrected chi connectivity index (χ0v) is 20.6. The van der Waals surface area contributed by atoms with Crippen LogP contribution in [0.4, 0.5) is 17.2 Å². The number of aryl methyl sites for hydroxylation is 1.